The Bertz CT molecular complexity index is 977. The average Bonchev–Trinajstić information content (AvgIpc) is 2.98. The fourth-order valence-electron chi connectivity index (χ4n) is 2.71. The van der Waals surface area contributed by atoms with E-state index in [-0.39, 0.29) is 17.6 Å². The Morgan fingerprint density at radius 1 is 1.11 bits per heavy atom. The van der Waals surface area contributed by atoms with E-state index in [9.17, 15) is 23.1 Å². The minimum Gasteiger partial charge on any atom is -0.380 e. The highest BCUT2D eigenvalue weighted by Crippen LogP contribution is 2.29. The number of aromatic nitrogens is 4. The fourth-order valence-corrected chi connectivity index (χ4v) is 2.71. The van der Waals surface area contributed by atoms with Crippen molar-refractivity contribution in [2.75, 3.05) is 0 Å². The van der Waals surface area contributed by atoms with E-state index < -0.39 is 23.5 Å². The first-order chi connectivity index (χ1) is 12.7. The lowest BCUT2D eigenvalue weighted by Gasteiger charge is -2.13. The predicted molar refractivity (Wildman–Crippen MR) is 91.5 cm³/mol. The van der Waals surface area contributed by atoms with E-state index in [0.29, 0.717) is 5.56 Å². The molecule has 1 unspecified atom stereocenters. The Kier molecular flexibility index (Phi) is 4.88. The lowest BCUT2D eigenvalue weighted by Crippen LogP contribution is -2.26. The largest absolute Gasteiger partial charge is 0.416 e. The topological polar surface area (TPSA) is 72.9 Å². The summed E-state index contributed by atoms with van der Waals surface area (Å²) >= 11 is 0. The molecule has 0 bridgehead atoms. The van der Waals surface area contributed by atoms with Crippen molar-refractivity contribution < 1.29 is 18.3 Å². The van der Waals surface area contributed by atoms with E-state index in [2.05, 4.69) is 10.1 Å². The van der Waals surface area contributed by atoms with Crippen LogP contribution in [0.3, 0.4) is 0 Å². The average molecular weight is 378 g/mol. The molecule has 3 aromatic rings. The third-order valence-electron chi connectivity index (χ3n) is 4.04. The van der Waals surface area contributed by atoms with Crippen LogP contribution < -0.4 is 5.69 Å². The summed E-state index contributed by atoms with van der Waals surface area (Å²) in [5, 5.41) is 14.8. The molecule has 1 aromatic carbocycles. The molecule has 0 aliphatic carbocycles. The second kappa shape index (κ2) is 6.99. The number of rotatable bonds is 4. The maximum atomic E-state index is 12.8. The Labute approximate surface area is 152 Å². The van der Waals surface area contributed by atoms with Crippen LogP contribution in [0.1, 0.15) is 42.9 Å². The minimum absolute atomic E-state index is 0.0860. The smallest absolute Gasteiger partial charge is 0.380 e. The van der Waals surface area contributed by atoms with Crippen molar-refractivity contribution in [1.82, 2.24) is 19.3 Å². The Balaban J connectivity index is 2.09. The van der Waals surface area contributed by atoms with Crippen LogP contribution in [0.4, 0.5) is 13.2 Å². The van der Waals surface area contributed by atoms with Crippen LogP contribution in [0, 0.1) is 0 Å². The number of alkyl halides is 3. The van der Waals surface area contributed by atoms with E-state index in [0.717, 1.165) is 16.8 Å². The standard InChI is InChI=1S/C18H17F3N4O2/c1-11(2)24-16(15(26)12-4-3-9-22-10-12)23-25(17(24)27)14-7-5-13(6-8-14)18(19,20)21/h3-11,15,26H,1-2H3. The lowest BCUT2D eigenvalue weighted by atomic mass is 10.1. The van der Waals surface area contributed by atoms with Crippen LogP contribution >= 0.6 is 0 Å². The predicted octanol–water partition coefficient (Wildman–Crippen LogP) is 3.11. The van der Waals surface area contributed by atoms with Crippen molar-refractivity contribution in [3.63, 3.8) is 0 Å². The van der Waals surface area contributed by atoms with Crippen molar-refractivity contribution in [3.05, 3.63) is 76.2 Å². The van der Waals surface area contributed by atoms with E-state index in [4.69, 9.17) is 0 Å². The summed E-state index contributed by atoms with van der Waals surface area (Å²) in [6, 6.07) is 7.07. The second-order valence-corrected chi connectivity index (χ2v) is 6.25. The first-order valence-electron chi connectivity index (χ1n) is 8.17. The second-order valence-electron chi connectivity index (χ2n) is 6.25. The van der Waals surface area contributed by atoms with Gasteiger partial charge in [-0.3, -0.25) is 9.55 Å². The van der Waals surface area contributed by atoms with Crippen molar-refractivity contribution in [2.24, 2.45) is 0 Å². The third kappa shape index (κ3) is 3.63. The molecule has 0 aliphatic heterocycles. The molecule has 0 spiro atoms. The zero-order chi connectivity index (χ0) is 19.8. The highest BCUT2D eigenvalue weighted by Gasteiger charge is 2.30. The molecule has 0 radical (unpaired) electrons. The lowest BCUT2D eigenvalue weighted by molar-refractivity contribution is -0.137. The number of halogens is 3. The molecule has 142 valence electrons. The molecule has 0 fully saturated rings. The zero-order valence-corrected chi connectivity index (χ0v) is 14.6. The van der Waals surface area contributed by atoms with Crippen LogP contribution in [0.15, 0.2) is 53.6 Å². The number of aliphatic hydroxyl groups excluding tert-OH is 1. The van der Waals surface area contributed by atoms with E-state index >= 15 is 0 Å². The summed E-state index contributed by atoms with van der Waals surface area (Å²) < 4.78 is 40.5. The number of hydrogen-bond acceptors (Lipinski definition) is 4. The van der Waals surface area contributed by atoms with Crippen molar-refractivity contribution in [3.8, 4) is 5.69 Å². The minimum atomic E-state index is -4.47. The molecule has 2 heterocycles. The van der Waals surface area contributed by atoms with E-state index in [1.54, 1.807) is 32.2 Å². The summed E-state index contributed by atoms with van der Waals surface area (Å²) in [5.41, 5.74) is -0.753. The van der Waals surface area contributed by atoms with E-state index in [1.807, 2.05) is 0 Å². The summed E-state index contributed by atoms with van der Waals surface area (Å²) in [6.07, 6.45) is -2.67. The zero-order valence-electron chi connectivity index (χ0n) is 14.6. The molecule has 1 atom stereocenters. The summed E-state index contributed by atoms with van der Waals surface area (Å²) in [5.74, 6) is 0.0860. The van der Waals surface area contributed by atoms with Crippen LogP contribution in [-0.4, -0.2) is 24.4 Å². The van der Waals surface area contributed by atoms with Gasteiger partial charge in [-0.05, 0) is 44.2 Å². The SMILES string of the molecule is CC(C)n1c(C(O)c2cccnc2)nn(-c2ccc(C(F)(F)F)cc2)c1=O. The molecular weight excluding hydrogens is 361 g/mol. The van der Waals surface area contributed by atoms with Gasteiger partial charge in [-0.15, -0.1) is 5.10 Å². The number of benzene rings is 1. The molecule has 3 rings (SSSR count). The first kappa shape index (κ1) is 18.8. The quantitative estimate of drug-likeness (QED) is 0.757. The van der Waals surface area contributed by atoms with Gasteiger partial charge < -0.3 is 5.11 Å². The molecule has 0 saturated heterocycles. The summed E-state index contributed by atoms with van der Waals surface area (Å²) in [4.78, 5) is 16.7. The Morgan fingerprint density at radius 2 is 1.78 bits per heavy atom. The van der Waals surface area contributed by atoms with Gasteiger partial charge in [0.05, 0.1) is 11.3 Å². The maximum absolute atomic E-state index is 12.8. The summed E-state index contributed by atoms with van der Waals surface area (Å²) in [7, 11) is 0. The maximum Gasteiger partial charge on any atom is 0.416 e. The third-order valence-corrected chi connectivity index (χ3v) is 4.04. The van der Waals surface area contributed by atoms with Crippen LogP contribution in [-0.2, 0) is 6.18 Å². The molecule has 0 amide bonds. The molecule has 1 N–H and O–H groups in total. The Hall–Kier alpha value is -2.94. The highest BCUT2D eigenvalue weighted by atomic mass is 19.4. The van der Waals surface area contributed by atoms with Gasteiger partial charge in [-0.25, -0.2) is 4.79 Å². The van der Waals surface area contributed by atoms with Crippen molar-refractivity contribution in [2.45, 2.75) is 32.2 Å². The van der Waals surface area contributed by atoms with Crippen LogP contribution in [0.25, 0.3) is 5.69 Å². The molecular formula is C18H17F3N4O2. The molecule has 2 aromatic heterocycles. The molecule has 27 heavy (non-hydrogen) atoms. The van der Waals surface area contributed by atoms with Gasteiger partial charge in [0.15, 0.2) is 5.82 Å². The van der Waals surface area contributed by atoms with Gasteiger partial charge in [-0.1, -0.05) is 6.07 Å². The number of hydrogen-bond donors (Lipinski definition) is 1. The molecule has 0 saturated carbocycles. The van der Waals surface area contributed by atoms with Gasteiger partial charge in [0.1, 0.15) is 6.10 Å². The van der Waals surface area contributed by atoms with Gasteiger partial charge in [-0.2, -0.15) is 17.9 Å². The number of nitrogens with zero attached hydrogens (tertiary/aromatic N) is 4. The van der Waals surface area contributed by atoms with Crippen molar-refractivity contribution in [1.29, 1.82) is 0 Å². The van der Waals surface area contributed by atoms with Crippen LogP contribution in [0.2, 0.25) is 0 Å². The van der Waals surface area contributed by atoms with Crippen molar-refractivity contribution >= 4 is 0 Å². The fraction of sp³-hybridized carbons (Fsp3) is 0.278. The number of pyridine rings is 1. The summed E-state index contributed by atoms with van der Waals surface area (Å²) in [6.45, 7) is 3.50. The normalized spacial score (nSPS) is 13.1. The van der Waals surface area contributed by atoms with E-state index in [1.165, 1.54) is 22.9 Å². The molecule has 6 nitrogen and oxygen atoms in total. The molecule has 9 heteroatoms. The highest BCUT2D eigenvalue weighted by molar-refractivity contribution is 5.35. The van der Waals surface area contributed by atoms with Gasteiger partial charge in [0.2, 0.25) is 0 Å². The molecule has 0 aliphatic rings. The first-order valence-corrected chi connectivity index (χ1v) is 8.17. The monoisotopic (exact) mass is 378 g/mol. The van der Waals surface area contributed by atoms with Gasteiger partial charge in [0.25, 0.3) is 0 Å². The van der Waals surface area contributed by atoms with Gasteiger partial charge >= 0.3 is 11.9 Å². The van der Waals surface area contributed by atoms with Gasteiger partial charge in [0, 0.05) is 24.0 Å². The van der Waals surface area contributed by atoms with Crippen LogP contribution in [0.5, 0.6) is 0 Å². The number of aliphatic hydroxyl groups is 1. The Morgan fingerprint density at radius 3 is 2.30 bits per heavy atom.